The van der Waals surface area contributed by atoms with E-state index in [0.29, 0.717) is 0 Å². The summed E-state index contributed by atoms with van der Waals surface area (Å²) in [5.74, 6) is 0. The maximum atomic E-state index is 2.38. The lowest BCUT2D eigenvalue weighted by molar-refractivity contribution is 0.793. The third-order valence-electron chi connectivity index (χ3n) is 4.69. The normalized spacial score (nSPS) is 12.2. The van der Waals surface area contributed by atoms with E-state index < -0.39 is 7.92 Å². The molecular weight excluding hydrogens is 319 g/mol. The maximum Gasteiger partial charge on any atom is -0.00987 e. The predicted molar refractivity (Wildman–Crippen MR) is 114 cm³/mol. The second-order valence-corrected chi connectivity index (χ2v) is 10.5. The van der Waals surface area contributed by atoms with Gasteiger partial charge < -0.3 is 0 Å². The smallest absolute Gasteiger partial charge is 0.00987 e. The van der Waals surface area contributed by atoms with Gasteiger partial charge in [0.15, 0.2) is 0 Å². The Morgan fingerprint density at radius 1 is 0.520 bits per heavy atom. The van der Waals surface area contributed by atoms with Crippen LogP contribution in [0.4, 0.5) is 0 Å². The number of hydrogen-bond acceptors (Lipinski definition) is 0. The fraction of sp³-hybridized carbons (Fsp3) is 0.167. The zero-order valence-electron chi connectivity index (χ0n) is 15.0. The molecule has 0 spiro atoms. The van der Waals surface area contributed by atoms with Crippen LogP contribution in [0.1, 0.15) is 20.8 Å². The fourth-order valence-electron chi connectivity index (χ4n) is 3.66. The van der Waals surface area contributed by atoms with Gasteiger partial charge in [-0.15, -0.1) is 0 Å². The van der Waals surface area contributed by atoms with Gasteiger partial charge in [-0.05, 0) is 45.2 Å². The van der Waals surface area contributed by atoms with E-state index in [0.717, 1.165) is 0 Å². The van der Waals surface area contributed by atoms with Gasteiger partial charge in [0.25, 0.3) is 0 Å². The molecule has 0 saturated carbocycles. The lowest BCUT2D eigenvalue weighted by Gasteiger charge is -2.34. The molecule has 0 atom stereocenters. The highest BCUT2D eigenvalue weighted by molar-refractivity contribution is 7.75. The minimum absolute atomic E-state index is 0.184. The second kappa shape index (κ2) is 6.28. The predicted octanol–water partition coefficient (Wildman–Crippen LogP) is 6.22. The standard InChI is InChI=1S/C24H23P/c1-24(2,3)25(22-16-8-12-18-10-4-6-14-20(18)22)23-17-9-13-19-11-5-7-15-21(19)23/h4-17H,1-3H3. The van der Waals surface area contributed by atoms with Crippen LogP contribution >= 0.6 is 7.92 Å². The van der Waals surface area contributed by atoms with Crippen molar-refractivity contribution in [1.29, 1.82) is 0 Å². The molecule has 0 saturated heterocycles. The van der Waals surface area contributed by atoms with Crippen LogP contribution in [0.25, 0.3) is 21.5 Å². The van der Waals surface area contributed by atoms with Crippen LogP contribution in [0.15, 0.2) is 84.9 Å². The Morgan fingerprint density at radius 2 is 0.920 bits per heavy atom. The Morgan fingerprint density at radius 3 is 1.36 bits per heavy atom. The van der Waals surface area contributed by atoms with Crippen molar-refractivity contribution in [1.82, 2.24) is 0 Å². The molecule has 0 aromatic heterocycles. The summed E-state index contributed by atoms with van der Waals surface area (Å²) < 4.78 is 0. The Bertz CT molecular complexity index is 951. The van der Waals surface area contributed by atoms with Crippen molar-refractivity contribution < 1.29 is 0 Å². The van der Waals surface area contributed by atoms with Crippen molar-refractivity contribution in [3.8, 4) is 0 Å². The summed E-state index contributed by atoms with van der Waals surface area (Å²) in [5, 5.41) is 8.59. The van der Waals surface area contributed by atoms with E-state index in [1.165, 1.54) is 32.2 Å². The number of fused-ring (bicyclic) bond motifs is 2. The number of hydrogen-bond donors (Lipinski definition) is 0. The molecule has 1 heteroatoms. The van der Waals surface area contributed by atoms with Crippen molar-refractivity contribution >= 4 is 40.1 Å². The minimum Gasteiger partial charge on any atom is -0.0616 e. The minimum atomic E-state index is -0.492. The van der Waals surface area contributed by atoms with Gasteiger partial charge in [0.1, 0.15) is 0 Å². The van der Waals surface area contributed by atoms with Crippen LogP contribution in [0, 0.1) is 0 Å². The molecule has 4 rings (SSSR count). The molecule has 0 heterocycles. The van der Waals surface area contributed by atoms with Crippen LogP contribution < -0.4 is 10.6 Å². The van der Waals surface area contributed by atoms with Crippen LogP contribution in [-0.2, 0) is 0 Å². The van der Waals surface area contributed by atoms with Crippen LogP contribution in [0.5, 0.6) is 0 Å². The molecule has 124 valence electrons. The van der Waals surface area contributed by atoms with Gasteiger partial charge in [0.2, 0.25) is 0 Å². The molecule has 4 aromatic carbocycles. The molecule has 0 aliphatic carbocycles. The molecule has 0 radical (unpaired) electrons. The van der Waals surface area contributed by atoms with Gasteiger partial charge >= 0.3 is 0 Å². The molecule has 4 aromatic rings. The molecule has 0 bridgehead atoms. The average molecular weight is 342 g/mol. The van der Waals surface area contributed by atoms with Gasteiger partial charge in [0.05, 0.1) is 0 Å². The third-order valence-corrected chi connectivity index (χ3v) is 7.77. The van der Waals surface area contributed by atoms with Crippen molar-refractivity contribution in [2.24, 2.45) is 0 Å². The lowest BCUT2D eigenvalue weighted by atomic mass is 10.1. The van der Waals surface area contributed by atoms with E-state index in [4.69, 9.17) is 0 Å². The van der Waals surface area contributed by atoms with E-state index in [1.54, 1.807) is 0 Å². The molecule has 0 nitrogen and oxygen atoms in total. The largest absolute Gasteiger partial charge is 0.0616 e. The van der Waals surface area contributed by atoms with E-state index in [9.17, 15) is 0 Å². The Kier molecular flexibility index (Phi) is 4.10. The summed E-state index contributed by atoms with van der Waals surface area (Å²) in [6, 6.07) is 31.1. The average Bonchev–Trinajstić information content (AvgIpc) is 2.61. The van der Waals surface area contributed by atoms with E-state index >= 15 is 0 Å². The van der Waals surface area contributed by atoms with Crippen LogP contribution in [0.3, 0.4) is 0 Å². The fourth-order valence-corrected chi connectivity index (χ4v) is 6.72. The highest BCUT2D eigenvalue weighted by atomic mass is 31.1. The van der Waals surface area contributed by atoms with Gasteiger partial charge in [-0.1, -0.05) is 106 Å². The third kappa shape index (κ3) is 2.96. The van der Waals surface area contributed by atoms with Crippen molar-refractivity contribution in [2.75, 3.05) is 0 Å². The molecule has 0 aliphatic rings. The molecule has 0 aliphatic heterocycles. The summed E-state index contributed by atoms with van der Waals surface area (Å²) in [6.45, 7) is 7.13. The summed E-state index contributed by atoms with van der Waals surface area (Å²) in [6.07, 6.45) is 0. The first-order chi connectivity index (χ1) is 12.1. The first-order valence-corrected chi connectivity index (χ1v) is 10.2. The van der Waals surface area contributed by atoms with Gasteiger partial charge in [-0.3, -0.25) is 0 Å². The molecule has 0 fully saturated rings. The quantitative estimate of drug-likeness (QED) is 0.379. The molecule has 0 unspecified atom stereocenters. The lowest BCUT2D eigenvalue weighted by Crippen LogP contribution is -2.27. The van der Waals surface area contributed by atoms with E-state index in [1.807, 2.05) is 0 Å². The van der Waals surface area contributed by atoms with E-state index in [-0.39, 0.29) is 5.16 Å². The summed E-state index contributed by atoms with van der Waals surface area (Å²) in [4.78, 5) is 0. The highest BCUT2D eigenvalue weighted by Crippen LogP contribution is 2.50. The Balaban J connectivity index is 2.05. The molecule has 25 heavy (non-hydrogen) atoms. The van der Waals surface area contributed by atoms with E-state index in [2.05, 4.69) is 106 Å². The van der Waals surface area contributed by atoms with Gasteiger partial charge in [-0.25, -0.2) is 0 Å². The first-order valence-electron chi connectivity index (χ1n) is 8.81. The highest BCUT2D eigenvalue weighted by Gasteiger charge is 2.29. The Labute approximate surface area is 151 Å². The number of rotatable bonds is 2. The SMILES string of the molecule is CC(C)(C)P(c1cccc2ccccc12)c1cccc2ccccc12. The van der Waals surface area contributed by atoms with Crippen molar-refractivity contribution in [2.45, 2.75) is 25.9 Å². The zero-order chi connectivity index (χ0) is 17.4. The van der Waals surface area contributed by atoms with Crippen LogP contribution in [-0.4, -0.2) is 5.16 Å². The van der Waals surface area contributed by atoms with Gasteiger partial charge in [-0.2, -0.15) is 0 Å². The molecule has 0 N–H and O–H groups in total. The maximum absolute atomic E-state index is 2.38. The Hall–Kier alpha value is -2.17. The zero-order valence-corrected chi connectivity index (χ0v) is 15.9. The number of benzene rings is 4. The second-order valence-electron chi connectivity index (χ2n) is 7.50. The molecule has 0 amide bonds. The summed E-state index contributed by atoms with van der Waals surface area (Å²) >= 11 is 0. The summed E-state index contributed by atoms with van der Waals surface area (Å²) in [7, 11) is -0.492. The van der Waals surface area contributed by atoms with Crippen molar-refractivity contribution in [3.05, 3.63) is 84.9 Å². The molecular formula is C24H23P. The van der Waals surface area contributed by atoms with Crippen LogP contribution in [0.2, 0.25) is 0 Å². The monoisotopic (exact) mass is 342 g/mol. The topological polar surface area (TPSA) is 0 Å². The first kappa shape index (κ1) is 16.3. The summed E-state index contributed by atoms with van der Waals surface area (Å²) in [5.41, 5.74) is 0. The van der Waals surface area contributed by atoms with Gasteiger partial charge in [0, 0.05) is 0 Å². The van der Waals surface area contributed by atoms with Crippen molar-refractivity contribution in [3.63, 3.8) is 0 Å².